The number of hydrogen-bond acceptors (Lipinski definition) is 3. The average Bonchev–Trinajstić information content (AvgIpc) is 3.33. The Kier molecular flexibility index (Phi) is 3.86. The van der Waals surface area contributed by atoms with E-state index in [9.17, 15) is 14.4 Å². The van der Waals surface area contributed by atoms with Crippen molar-refractivity contribution in [1.29, 1.82) is 0 Å². The molecule has 25 heavy (non-hydrogen) atoms. The maximum absolute atomic E-state index is 12.7. The number of carbonyl (C=O) groups excluding carboxylic acids is 3. The molecule has 132 valence electrons. The average molecular weight is 342 g/mol. The van der Waals surface area contributed by atoms with Gasteiger partial charge in [-0.2, -0.15) is 0 Å². The molecule has 0 aliphatic carbocycles. The standard InChI is InChI=1S/C18H22N4O3/c19-16(23)15-14-4-3-11-21(14)18(25)22(15)13-7-5-12(6-8-13)17(24)20-9-1-2-10-20/h5-8,14-15H,1-4,9-11H2,(H2,19,23)/t14-,15?/m1/s1. The Hall–Kier alpha value is -2.57. The molecule has 7 heteroatoms. The molecule has 1 aromatic rings. The first-order valence-electron chi connectivity index (χ1n) is 8.86. The lowest BCUT2D eigenvalue weighted by atomic mass is 10.0. The molecule has 0 radical (unpaired) electrons. The highest BCUT2D eigenvalue weighted by molar-refractivity contribution is 6.04. The third-order valence-corrected chi connectivity index (χ3v) is 5.47. The van der Waals surface area contributed by atoms with Crippen LogP contribution >= 0.6 is 0 Å². The van der Waals surface area contributed by atoms with Crippen molar-refractivity contribution in [1.82, 2.24) is 9.80 Å². The van der Waals surface area contributed by atoms with Crippen LogP contribution in [0, 0.1) is 0 Å². The molecular weight excluding hydrogens is 320 g/mol. The normalized spacial score (nSPS) is 25.6. The molecule has 2 atom stereocenters. The minimum Gasteiger partial charge on any atom is -0.368 e. The molecule has 4 rings (SSSR count). The molecule has 3 aliphatic heterocycles. The highest BCUT2D eigenvalue weighted by Gasteiger charge is 2.51. The van der Waals surface area contributed by atoms with Crippen LogP contribution in [0.4, 0.5) is 10.5 Å². The quantitative estimate of drug-likeness (QED) is 0.895. The van der Waals surface area contributed by atoms with E-state index in [1.165, 1.54) is 4.90 Å². The van der Waals surface area contributed by atoms with Gasteiger partial charge in [0.2, 0.25) is 5.91 Å². The van der Waals surface area contributed by atoms with Gasteiger partial charge in [-0.25, -0.2) is 4.79 Å². The number of nitrogens with zero attached hydrogens (tertiary/aromatic N) is 3. The Balaban J connectivity index is 1.59. The summed E-state index contributed by atoms with van der Waals surface area (Å²) in [7, 11) is 0. The van der Waals surface area contributed by atoms with E-state index in [2.05, 4.69) is 0 Å². The summed E-state index contributed by atoms with van der Waals surface area (Å²) in [5.41, 5.74) is 6.80. The summed E-state index contributed by atoms with van der Waals surface area (Å²) >= 11 is 0. The zero-order valence-corrected chi connectivity index (χ0v) is 14.1. The fraction of sp³-hybridized carbons (Fsp3) is 0.500. The Morgan fingerprint density at radius 1 is 1.00 bits per heavy atom. The predicted octanol–water partition coefficient (Wildman–Crippen LogP) is 1.18. The largest absolute Gasteiger partial charge is 0.368 e. The molecule has 3 fully saturated rings. The van der Waals surface area contributed by atoms with Gasteiger partial charge in [0.25, 0.3) is 5.91 Å². The van der Waals surface area contributed by atoms with Gasteiger partial charge in [-0.3, -0.25) is 14.5 Å². The molecular formula is C18H22N4O3. The van der Waals surface area contributed by atoms with Crippen molar-refractivity contribution < 1.29 is 14.4 Å². The van der Waals surface area contributed by atoms with Gasteiger partial charge in [-0.05, 0) is 49.9 Å². The van der Waals surface area contributed by atoms with Crippen molar-refractivity contribution >= 4 is 23.5 Å². The lowest BCUT2D eigenvalue weighted by Gasteiger charge is -2.23. The van der Waals surface area contributed by atoms with E-state index in [1.807, 2.05) is 4.90 Å². The topological polar surface area (TPSA) is 87.0 Å². The van der Waals surface area contributed by atoms with Crippen molar-refractivity contribution in [3.63, 3.8) is 0 Å². The molecule has 3 heterocycles. The Morgan fingerprint density at radius 3 is 2.32 bits per heavy atom. The number of rotatable bonds is 3. The van der Waals surface area contributed by atoms with Crippen molar-refractivity contribution in [2.45, 2.75) is 37.8 Å². The molecule has 7 nitrogen and oxygen atoms in total. The molecule has 0 spiro atoms. The smallest absolute Gasteiger partial charge is 0.325 e. The van der Waals surface area contributed by atoms with E-state index in [1.54, 1.807) is 29.2 Å². The van der Waals surface area contributed by atoms with Crippen LogP contribution in [-0.2, 0) is 4.79 Å². The number of hydrogen-bond donors (Lipinski definition) is 1. The molecule has 0 bridgehead atoms. The lowest BCUT2D eigenvalue weighted by molar-refractivity contribution is -0.119. The molecule has 1 unspecified atom stereocenters. The molecule has 4 amide bonds. The van der Waals surface area contributed by atoms with Gasteiger partial charge in [0.05, 0.1) is 6.04 Å². The number of primary amides is 1. The third kappa shape index (κ3) is 2.54. The van der Waals surface area contributed by atoms with Crippen LogP contribution in [-0.4, -0.2) is 59.4 Å². The van der Waals surface area contributed by atoms with Gasteiger partial charge in [0.1, 0.15) is 6.04 Å². The van der Waals surface area contributed by atoms with E-state index in [0.29, 0.717) is 17.8 Å². The molecule has 1 aromatic carbocycles. The van der Waals surface area contributed by atoms with Crippen LogP contribution < -0.4 is 10.6 Å². The number of amides is 4. The summed E-state index contributed by atoms with van der Waals surface area (Å²) < 4.78 is 0. The van der Waals surface area contributed by atoms with Crippen LogP contribution in [0.15, 0.2) is 24.3 Å². The third-order valence-electron chi connectivity index (χ3n) is 5.47. The predicted molar refractivity (Wildman–Crippen MR) is 92.2 cm³/mol. The van der Waals surface area contributed by atoms with Crippen molar-refractivity contribution in [2.75, 3.05) is 24.5 Å². The Morgan fingerprint density at radius 2 is 1.68 bits per heavy atom. The number of fused-ring (bicyclic) bond motifs is 1. The monoisotopic (exact) mass is 342 g/mol. The summed E-state index contributed by atoms with van der Waals surface area (Å²) in [5, 5.41) is 0. The number of urea groups is 1. The first-order valence-corrected chi connectivity index (χ1v) is 8.86. The highest BCUT2D eigenvalue weighted by Crippen LogP contribution is 2.35. The van der Waals surface area contributed by atoms with Gasteiger partial charge in [-0.1, -0.05) is 0 Å². The lowest BCUT2D eigenvalue weighted by Crippen LogP contribution is -2.46. The first-order chi connectivity index (χ1) is 12.1. The van der Waals surface area contributed by atoms with Gasteiger partial charge in [0.15, 0.2) is 0 Å². The van der Waals surface area contributed by atoms with Crippen molar-refractivity contribution in [3.05, 3.63) is 29.8 Å². The molecule has 2 N–H and O–H groups in total. The van der Waals surface area contributed by atoms with Gasteiger partial charge in [-0.15, -0.1) is 0 Å². The van der Waals surface area contributed by atoms with Gasteiger partial charge in [0, 0.05) is 30.9 Å². The second-order valence-corrected chi connectivity index (χ2v) is 6.95. The summed E-state index contributed by atoms with van der Waals surface area (Å²) in [6.45, 7) is 2.26. The minimum absolute atomic E-state index is 0.0175. The summed E-state index contributed by atoms with van der Waals surface area (Å²) in [5.74, 6) is -0.469. The number of carbonyl (C=O) groups is 3. The summed E-state index contributed by atoms with van der Waals surface area (Å²) in [6.07, 6.45) is 3.78. The van der Waals surface area contributed by atoms with Gasteiger partial charge >= 0.3 is 6.03 Å². The highest BCUT2D eigenvalue weighted by atomic mass is 16.2. The Labute approximate surface area is 146 Å². The number of nitrogens with two attached hydrogens (primary N) is 1. The molecule has 0 aromatic heterocycles. The summed E-state index contributed by atoms with van der Waals surface area (Å²) in [4.78, 5) is 42.2. The van der Waals surface area contributed by atoms with Crippen molar-refractivity contribution in [3.8, 4) is 0 Å². The maximum atomic E-state index is 12.7. The fourth-order valence-electron chi connectivity index (χ4n) is 4.24. The zero-order chi connectivity index (χ0) is 17.6. The molecule has 3 aliphatic rings. The Bertz CT molecular complexity index is 712. The number of benzene rings is 1. The van der Waals surface area contributed by atoms with Crippen molar-refractivity contribution in [2.24, 2.45) is 5.73 Å². The SMILES string of the molecule is NC(=O)C1[C@H]2CCCN2C(=O)N1c1ccc(C(=O)N2CCCC2)cc1. The van der Waals surface area contributed by atoms with E-state index in [4.69, 9.17) is 5.73 Å². The van der Waals surface area contributed by atoms with Crippen LogP contribution in [0.2, 0.25) is 0 Å². The fourth-order valence-corrected chi connectivity index (χ4v) is 4.24. The van der Waals surface area contributed by atoms with E-state index < -0.39 is 11.9 Å². The van der Waals surface area contributed by atoms with Crippen LogP contribution in [0.3, 0.4) is 0 Å². The summed E-state index contributed by atoms with van der Waals surface area (Å²) in [6, 6.07) is 5.96. The first kappa shape index (κ1) is 15.9. The number of likely N-dealkylation sites (tertiary alicyclic amines) is 1. The van der Waals surface area contributed by atoms with E-state index in [0.717, 1.165) is 38.8 Å². The van der Waals surface area contributed by atoms with Crippen LogP contribution in [0.1, 0.15) is 36.0 Å². The van der Waals surface area contributed by atoms with E-state index >= 15 is 0 Å². The second kappa shape index (κ2) is 6.06. The minimum atomic E-state index is -0.643. The van der Waals surface area contributed by atoms with Crippen LogP contribution in [0.5, 0.6) is 0 Å². The van der Waals surface area contributed by atoms with Crippen LogP contribution in [0.25, 0.3) is 0 Å². The van der Waals surface area contributed by atoms with E-state index in [-0.39, 0.29) is 18.0 Å². The second-order valence-electron chi connectivity index (χ2n) is 6.95. The molecule has 0 saturated carbocycles. The number of anilines is 1. The maximum Gasteiger partial charge on any atom is 0.325 e. The molecule has 3 saturated heterocycles. The van der Waals surface area contributed by atoms with Gasteiger partial charge < -0.3 is 15.5 Å². The zero-order valence-electron chi connectivity index (χ0n) is 14.1.